The zero-order valence-corrected chi connectivity index (χ0v) is 34.8. The maximum atomic E-state index is 11.7. The molecule has 0 aliphatic carbocycles. The van der Waals surface area contributed by atoms with Gasteiger partial charge < -0.3 is 14.1 Å². The van der Waals surface area contributed by atoms with Crippen molar-refractivity contribution in [3.05, 3.63) is 111 Å². The molecule has 4 nitrogen and oxygen atoms in total. The number of hydrogen-bond donors (Lipinski definition) is 0. The van der Waals surface area contributed by atoms with Crippen molar-refractivity contribution in [2.75, 3.05) is 24.7 Å². The van der Waals surface area contributed by atoms with E-state index in [1.165, 1.54) is 48.8 Å². The second-order valence-corrected chi connectivity index (χ2v) is 21.4. The second-order valence-electron chi connectivity index (χ2n) is 15.5. The minimum Gasteiger partial charge on any atom is -0.417 e. The molecule has 0 unspecified atom stereocenters. The molecule has 0 atom stereocenters. The highest BCUT2D eigenvalue weighted by molar-refractivity contribution is 7.14. The fourth-order valence-corrected chi connectivity index (χ4v) is 7.96. The first-order chi connectivity index (χ1) is 25.0. The van der Waals surface area contributed by atoms with E-state index in [4.69, 9.17) is 9.16 Å². The minimum atomic E-state index is -1.70. The van der Waals surface area contributed by atoms with Gasteiger partial charge in [0.25, 0.3) is 0 Å². The Labute approximate surface area is 320 Å². The first-order valence-corrected chi connectivity index (χ1v) is 23.3. The SMILES string of the molecule is CCCCCCc1cc(/C=C/c2ccc(N(c3ccc(CCCC)cc3)c3ccc(CCOCCCO[Si](C)(C)C(C)(C)C)cc3)cc2)sc1C=O. The Kier molecular flexibility index (Phi) is 16.6. The average Bonchev–Trinajstić information content (AvgIpc) is 3.54. The van der Waals surface area contributed by atoms with Crippen LogP contribution in [0.4, 0.5) is 17.1 Å². The van der Waals surface area contributed by atoms with Crippen molar-refractivity contribution in [1.29, 1.82) is 0 Å². The maximum absolute atomic E-state index is 11.7. The van der Waals surface area contributed by atoms with Crippen LogP contribution in [0, 0.1) is 0 Å². The Morgan fingerprint density at radius 3 is 1.85 bits per heavy atom. The van der Waals surface area contributed by atoms with Crippen LogP contribution in [0.25, 0.3) is 12.2 Å². The van der Waals surface area contributed by atoms with Crippen molar-refractivity contribution in [1.82, 2.24) is 0 Å². The molecule has 0 spiro atoms. The monoisotopic (exact) mass is 737 g/mol. The van der Waals surface area contributed by atoms with E-state index in [9.17, 15) is 4.79 Å². The van der Waals surface area contributed by atoms with Crippen LogP contribution in [0.5, 0.6) is 0 Å². The normalized spacial score (nSPS) is 12.1. The van der Waals surface area contributed by atoms with Gasteiger partial charge in [-0.3, -0.25) is 4.79 Å². The van der Waals surface area contributed by atoms with Gasteiger partial charge in [-0.15, -0.1) is 11.3 Å². The predicted octanol–water partition coefficient (Wildman–Crippen LogP) is 13.6. The number of thiophene rings is 1. The molecule has 280 valence electrons. The van der Waals surface area contributed by atoms with Crippen molar-refractivity contribution in [3.63, 3.8) is 0 Å². The fraction of sp³-hybridized carbons (Fsp3) is 0.457. The van der Waals surface area contributed by atoms with Crippen LogP contribution in [0.2, 0.25) is 18.1 Å². The predicted molar refractivity (Wildman–Crippen MR) is 229 cm³/mol. The first-order valence-electron chi connectivity index (χ1n) is 19.6. The number of rotatable bonds is 22. The van der Waals surface area contributed by atoms with E-state index >= 15 is 0 Å². The van der Waals surface area contributed by atoms with Crippen molar-refractivity contribution in [2.24, 2.45) is 0 Å². The summed E-state index contributed by atoms with van der Waals surface area (Å²) in [7, 11) is -1.70. The molecule has 52 heavy (non-hydrogen) atoms. The van der Waals surface area contributed by atoms with Gasteiger partial charge in [-0.1, -0.05) is 103 Å². The highest BCUT2D eigenvalue weighted by Gasteiger charge is 2.36. The summed E-state index contributed by atoms with van der Waals surface area (Å²) in [5.74, 6) is 0. The lowest BCUT2D eigenvalue weighted by atomic mass is 10.1. The molecule has 1 heterocycles. The van der Waals surface area contributed by atoms with E-state index in [1.807, 2.05) is 0 Å². The van der Waals surface area contributed by atoms with E-state index in [2.05, 4.69) is 144 Å². The number of nitrogens with zero attached hydrogens (tertiary/aromatic N) is 1. The number of aldehydes is 1. The third kappa shape index (κ3) is 12.7. The van der Waals surface area contributed by atoms with E-state index < -0.39 is 8.32 Å². The van der Waals surface area contributed by atoms with Crippen LogP contribution in [-0.2, 0) is 28.4 Å². The van der Waals surface area contributed by atoms with E-state index in [1.54, 1.807) is 11.3 Å². The van der Waals surface area contributed by atoms with Crippen LogP contribution in [0.15, 0.2) is 78.9 Å². The van der Waals surface area contributed by atoms with E-state index in [-0.39, 0.29) is 5.04 Å². The Bertz CT molecular complexity index is 1650. The molecule has 4 aromatic rings. The Morgan fingerprint density at radius 1 is 0.673 bits per heavy atom. The summed E-state index contributed by atoms with van der Waals surface area (Å²) in [5.41, 5.74) is 8.35. The zero-order chi connectivity index (χ0) is 37.4. The molecule has 0 radical (unpaired) electrons. The fourth-order valence-electron chi connectivity index (χ4n) is 5.95. The largest absolute Gasteiger partial charge is 0.417 e. The smallest absolute Gasteiger partial charge is 0.191 e. The number of anilines is 3. The molecule has 0 aliphatic heterocycles. The average molecular weight is 738 g/mol. The molecule has 0 bridgehead atoms. The van der Waals surface area contributed by atoms with Crippen molar-refractivity contribution < 1.29 is 14.0 Å². The molecule has 4 rings (SSSR count). The number of benzene rings is 3. The van der Waals surface area contributed by atoms with Gasteiger partial charge in [0.05, 0.1) is 11.5 Å². The zero-order valence-electron chi connectivity index (χ0n) is 33.0. The van der Waals surface area contributed by atoms with Crippen molar-refractivity contribution in [2.45, 2.75) is 117 Å². The number of aryl methyl sites for hydroxylation is 2. The molecule has 3 aromatic carbocycles. The number of carbonyl (C=O) groups is 1. The summed E-state index contributed by atoms with van der Waals surface area (Å²) < 4.78 is 12.3. The second kappa shape index (κ2) is 20.8. The van der Waals surface area contributed by atoms with Crippen LogP contribution < -0.4 is 4.90 Å². The Morgan fingerprint density at radius 2 is 1.27 bits per heavy atom. The standard InChI is InChI=1S/C46H63NO3SSi/c1-8-10-12-13-16-40-35-44(51-45(40)36-48)30-23-38-19-26-42(27-20-38)47(41-24-17-37(18-25-41)15-11-9-2)43-28-21-39(22-29-43)31-34-49-32-14-33-50-52(6,7)46(3,4)5/h17-30,35-36H,8-16,31-34H2,1-7H3/b30-23+. The molecule has 0 amide bonds. The third-order valence-corrected chi connectivity index (χ3v) is 15.9. The highest BCUT2D eigenvalue weighted by Crippen LogP contribution is 2.37. The van der Waals surface area contributed by atoms with E-state index in [0.29, 0.717) is 6.61 Å². The molecule has 0 N–H and O–H groups in total. The van der Waals surface area contributed by atoms with Crippen molar-refractivity contribution >= 4 is 55.2 Å². The summed E-state index contributed by atoms with van der Waals surface area (Å²) in [5, 5.41) is 0.237. The van der Waals surface area contributed by atoms with Gasteiger partial charge in [0.2, 0.25) is 0 Å². The lowest BCUT2D eigenvalue weighted by Crippen LogP contribution is -2.41. The quantitative estimate of drug-likeness (QED) is 0.0457. The summed E-state index contributed by atoms with van der Waals surface area (Å²) in [4.78, 5) is 16.1. The van der Waals surface area contributed by atoms with Crippen molar-refractivity contribution in [3.8, 4) is 0 Å². The number of unbranched alkanes of at least 4 members (excludes halogenated alkanes) is 4. The topological polar surface area (TPSA) is 38.8 Å². The first kappa shape index (κ1) is 41.5. The molecule has 0 saturated heterocycles. The molecular weight excluding hydrogens is 675 g/mol. The Hall–Kier alpha value is -3.29. The van der Waals surface area contributed by atoms with Crippen LogP contribution in [-0.4, -0.2) is 34.4 Å². The van der Waals surface area contributed by atoms with Crippen LogP contribution >= 0.6 is 11.3 Å². The van der Waals surface area contributed by atoms with E-state index in [0.717, 1.165) is 84.0 Å². The molecule has 0 aliphatic rings. The molecular formula is C46H63NO3SSi. The van der Waals surface area contributed by atoms with Gasteiger partial charge in [-0.2, -0.15) is 0 Å². The summed E-state index contributed by atoms with van der Waals surface area (Å²) in [6.45, 7) is 18.1. The van der Waals surface area contributed by atoms with Gasteiger partial charge in [-0.25, -0.2) is 0 Å². The van der Waals surface area contributed by atoms with Crippen LogP contribution in [0.3, 0.4) is 0 Å². The Balaban J connectivity index is 1.42. The molecule has 6 heteroatoms. The number of ether oxygens (including phenoxy) is 1. The van der Waals surface area contributed by atoms with Gasteiger partial charge in [0.15, 0.2) is 14.6 Å². The third-order valence-electron chi connectivity index (χ3n) is 10.3. The van der Waals surface area contributed by atoms with Gasteiger partial charge in [-0.05, 0) is 127 Å². The minimum absolute atomic E-state index is 0.237. The summed E-state index contributed by atoms with van der Waals surface area (Å²) in [6.07, 6.45) is 16.4. The number of carbonyl (C=O) groups excluding carboxylic acids is 1. The van der Waals surface area contributed by atoms with Gasteiger partial charge in [0, 0.05) is 35.2 Å². The van der Waals surface area contributed by atoms with Gasteiger partial charge in [0.1, 0.15) is 0 Å². The summed E-state index contributed by atoms with van der Waals surface area (Å²) in [6, 6.07) is 28.9. The molecule has 0 saturated carbocycles. The molecule has 1 aromatic heterocycles. The van der Waals surface area contributed by atoms with Gasteiger partial charge >= 0.3 is 0 Å². The van der Waals surface area contributed by atoms with Crippen LogP contribution in [0.1, 0.15) is 116 Å². The molecule has 0 fully saturated rings. The lowest BCUT2D eigenvalue weighted by molar-refractivity contribution is 0.112. The maximum Gasteiger partial charge on any atom is 0.191 e. The number of hydrogen-bond acceptors (Lipinski definition) is 5. The highest BCUT2D eigenvalue weighted by atomic mass is 32.1. The lowest BCUT2D eigenvalue weighted by Gasteiger charge is -2.36. The summed E-state index contributed by atoms with van der Waals surface area (Å²) >= 11 is 1.59.